The minimum atomic E-state index is 0.876. The maximum atomic E-state index is 2.49. The van der Waals surface area contributed by atoms with Gasteiger partial charge in [-0.25, -0.2) is 0 Å². The molecule has 0 aromatic heterocycles. The average molecular weight is 180 g/mol. The summed E-state index contributed by atoms with van der Waals surface area (Å²) in [6.07, 6.45) is 5.88. The number of rotatable bonds is 4. The largest absolute Gasteiger partial charge is 0.0654 e. The van der Waals surface area contributed by atoms with E-state index in [1.807, 2.05) is 0 Å². The van der Waals surface area contributed by atoms with Gasteiger partial charge in [-0.3, -0.25) is 0 Å². The normalized spacial score (nSPS) is 38.8. The summed E-state index contributed by atoms with van der Waals surface area (Å²) in [5, 5.41) is 0. The third-order valence-corrected chi connectivity index (χ3v) is 5.04. The molecule has 0 N–H and O–H groups in total. The zero-order chi connectivity index (χ0) is 9.64. The first-order valence-electron chi connectivity index (χ1n) is 6.13. The first-order chi connectivity index (χ1) is 6.13. The van der Waals surface area contributed by atoms with E-state index >= 15 is 0 Å². The Labute approximate surface area is 83.1 Å². The summed E-state index contributed by atoms with van der Waals surface area (Å²) in [6.45, 7) is 9.74. The minimum Gasteiger partial charge on any atom is -0.0654 e. The Morgan fingerprint density at radius 2 is 1.92 bits per heavy atom. The van der Waals surface area contributed by atoms with Gasteiger partial charge in [0, 0.05) is 0 Å². The lowest BCUT2D eigenvalue weighted by atomic mass is 9.86. The van der Waals surface area contributed by atoms with Gasteiger partial charge in [-0.05, 0) is 41.9 Å². The standard InChI is InChI=1S/C13H24/c1-5-6-9(2)10(3)12-11(4)13(12)7-8-13/h9-12H,5-8H2,1-4H3. The molecule has 0 heterocycles. The summed E-state index contributed by atoms with van der Waals surface area (Å²) in [6, 6.07) is 0. The van der Waals surface area contributed by atoms with E-state index in [1.165, 1.54) is 12.8 Å². The molecule has 2 saturated carbocycles. The van der Waals surface area contributed by atoms with E-state index in [1.54, 1.807) is 12.8 Å². The van der Waals surface area contributed by atoms with Gasteiger partial charge in [-0.15, -0.1) is 0 Å². The van der Waals surface area contributed by atoms with Gasteiger partial charge in [0.05, 0.1) is 0 Å². The molecule has 0 aromatic carbocycles. The topological polar surface area (TPSA) is 0 Å². The second kappa shape index (κ2) is 3.00. The van der Waals surface area contributed by atoms with Crippen LogP contribution in [-0.2, 0) is 0 Å². The van der Waals surface area contributed by atoms with Gasteiger partial charge < -0.3 is 0 Å². The summed E-state index contributed by atoms with van der Waals surface area (Å²) in [5.41, 5.74) is 0.876. The van der Waals surface area contributed by atoms with Crippen molar-refractivity contribution in [2.24, 2.45) is 29.1 Å². The molecule has 2 aliphatic rings. The minimum absolute atomic E-state index is 0.876. The van der Waals surface area contributed by atoms with Crippen molar-refractivity contribution in [2.75, 3.05) is 0 Å². The fourth-order valence-electron chi connectivity index (χ4n) is 3.72. The molecule has 0 aliphatic heterocycles. The van der Waals surface area contributed by atoms with Gasteiger partial charge in [-0.1, -0.05) is 40.5 Å². The molecule has 76 valence electrons. The third kappa shape index (κ3) is 1.33. The van der Waals surface area contributed by atoms with E-state index in [4.69, 9.17) is 0 Å². The molecule has 0 amide bonds. The fourth-order valence-corrected chi connectivity index (χ4v) is 3.72. The van der Waals surface area contributed by atoms with Crippen molar-refractivity contribution in [2.45, 2.75) is 53.4 Å². The van der Waals surface area contributed by atoms with Crippen LogP contribution in [0.3, 0.4) is 0 Å². The van der Waals surface area contributed by atoms with Gasteiger partial charge in [-0.2, -0.15) is 0 Å². The molecule has 13 heavy (non-hydrogen) atoms. The summed E-state index contributed by atoms with van der Waals surface area (Å²) in [5.74, 6) is 4.09. The van der Waals surface area contributed by atoms with Crippen LogP contribution >= 0.6 is 0 Å². The highest BCUT2D eigenvalue weighted by Crippen LogP contribution is 2.77. The Hall–Kier alpha value is 0. The highest BCUT2D eigenvalue weighted by Gasteiger charge is 2.70. The van der Waals surface area contributed by atoms with Crippen LogP contribution in [0, 0.1) is 29.1 Å². The lowest BCUT2D eigenvalue weighted by Crippen LogP contribution is -2.11. The van der Waals surface area contributed by atoms with Crippen LogP contribution in [0.2, 0.25) is 0 Å². The van der Waals surface area contributed by atoms with Crippen LogP contribution < -0.4 is 0 Å². The average Bonchev–Trinajstić information content (AvgIpc) is 2.95. The molecule has 2 rings (SSSR count). The molecule has 0 bridgehead atoms. The Morgan fingerprint density at radius 1 is 1.31 bits per heavy atom. The Kier molecular flexibility index (Phi) is 2.20. The van der Waals surface area contributed by atoms with Crippen molar-refractivity contribution in [3.63, 3.8) is 0 Å². The van der Waals surface area contributed by atoms with E-state index in [0.717, 1.165) is 29.1 Å². The Bertz CT molecular complexity index is 190. The molecule has 0 heteroatoms. The smallest absolute Gasteiger partial charge is 0.0235 e. The summed E-state index contributed by atoms with van der Waals surface area (Å²) >= 11 is 0. The van der Waals surface area contributed by atoms with E-state index < -0.39 is 0 Å². The van der Waals surface area contributed by atoms with Crippen LogP contribution in [0.25, 0.3) is 0 Å². The molecule has 0 saturated heterocycles. The summed E-state index contributed by atoms with van der Waals surface area (Å²) in [7, 11) is 0. The van der Waals surface area contributed by atoms with Crippen molar-refractivity contribution in [1.29, 1.82) is 0 Å². The summed E-state index contributed by atoms with van der Waals surface area (Å²) < 4.78 is 0. The van der Waals surface area contributed by atoms with E-state index in [0.29, 0.717) is 0 Å². The highest BCUT2D eigenvalue weighted by atomic mass is 14.7. The van der Waals surface area contributed by atoms with Crippen molar-refractivity contribution in [1.82, 2.24) is 0 Å². The predicted octanol–water partition coefficient (Wildman–Crippen LogP) is 4.10. The zero-order valence-electron chi connectivity index (χ0n) is 9.64. The lowest BCUT2D eigenvalue weighted by molar-refractivity contribution is 0.303. The number of hydrogen-bond acceptors (Lipinski definition) is 0. The van der Waals surface area contributed by atoms with E-state index in [2.05, 4.69) is 27.7 Å². The van der Waals surface area contributed by atoms with Crippen molar-refractivity contribution in [3.8, 4) is 0 Å². The van der Waals surface area contributed by atoms with Crippen LogP contribution in [-0.4, -0.2) is 0 Å². The summed E-state index contributed by atoms with van der Waals surface area (Å²) in [4.78, 5) is 0. The number of hydrogen-bond donors (Lipinski definition) is 0. The lowest BCUT2D eigenvalue weighted by Gasteiger charge is -2.19. The molecule has 2 fully saturated rings. The van der Waals surface area contributed by atoms with Crippen molar-refractivity contribution < 1.29 is 0 Å². The van der Waals surface area contributed by atoms with Crippen LogP contribution in [0.15, 0.2) is 0 Å². The second-order valence-corrected chi connectivity index (χ2v) is 5.67. The van der Waals surface area contributed by atoms with Gasteiger partial charge in [0.1, 0.15) is 0 Å². The highest BCUT2D eigenvalue weighted by molar-refractivity contribution is 5.18. The molecule has 4 unspecified atom stereocenters. The van der Waals surface area contributed by atoms with Crippen molar-refractivity contribution in [3.05, 3.63) is 0 Å². The predicted molar refractivity (Wildman–Crippen MR) is 57.6 cm³/mol. The van der Waals surface area contributed by atoms with E-state index in [-0.39, 0.29) is 0 Å². The molecule has 2 aliphatic carbocycles. The van der Waals surface area contributed by atoms with Crippen LogP contribution in [0.1, 0.15) is 53.4 Å². The first kappa shape index (κ1) is 9.55. The van der Waals surface area contributed by atoms with Gasteiger partial charge in [0.25, 0.3) is 0 Å². The molecular formula is C13H24. The van der Waals surface area contributed by atoms with Crippen LogP contribution in [0.4, 0.5) is 0 Å². The Balaban J connectivity index is 1.88. The third-order valence-electron chi connectivity index (χ3n) is 5.04. The maximum absolute atomic E-state index is 2.49. The maximum Gasteiger partial charge on any atom is -0.0235 e. The zero-order valence-corrected chi connectivity index (χ0v) is 9.64. The van der Waals surface area contributed by atoms with Gasteiger partial charge in [0.2, 0.25) is 0 Å². The SMILES string of the molecule is CCCC(C)C(C)C1C(C)C12CC2. The molecule has 0 aromatic rings. The molecule has 0 nitrogen and oxygen atoms in total. The molecule has 4 atom stereocenters. The quantitative estimate of drug-likeness (QED) is 0.611. The monoisotopic (exact) mass is 180 g/mol. The fraction of sp³-hybridized carbons (Fsp3) is 1.00. The van der Waals surface area contributed by atoms with E-state index in [9.17, 15) is 0 Å². The van der Waals surface area contributed by atoms with Crippen LogP contribution in [0.5, 0.6) is 0 Å². The van der Waals surface area contributed by atoms with Crippen molar-refractivity contribution >= 4 is 0 Å². The molecule has 0 radical (unpaired) electrons. The Morgan fingerprint density at radius 3 is 2.31 bits per heavy atom. The van der Waals surface area contributed by atoms with Gasteiger partial charge >= 0.3 is 0 Å². The van der Waals surface area contributed by atoms with Gasteiger partial charge in [0.15, 0.2) is 0 Å². The molecular weight excluding hydrogens is 156 g/mol. The first-order valence-corrected chi connectivity index (χ1v) is 6.13. The molecule has 1 spiro atoms. The second-order valence-electron chi connectivity index (χ2n) is 5.67.